The second-order valence-electron chi connectivity index (χ2n) is 10.7. The van der Waals surface area contributed by atoms with Gasteiger partial charge in [-0.15, -0.1) is 0 Å². The fourth-order valence-electron chi connectivity index (χ4n) is 5.63. The summed E-state index contributed by atoms with van der Waals surface area (Å²) in [4.78, 5) is 33.1. The number of ether oxygens (including phenoxy) is 5. The molecule has 0 aliphatic carbocycles. The largest absolute Gasteiger partial charge is 0.493 e. The fraction of sp³-hybridized carbons (Fsp3) is 0.162. The number of nitrogens with zero attached hydrogens (tertiary/aromatic N) is 2. The van der Waals surface area contributed by atoms with Gasteiger partial charge in [-0.3, -0.25) is 9.36 Å². The highest BCUT2D eigenvalue weighted by Gasteiger charge is 2.35. The van der Waals surface area contributed by atoms with Crippen molar-refractivity contribution in [2.24, 2.45) is 4.99 Å². The van der Waals surface area contributed by atoms with Crippen molar-refractivity contribution in [1.29, 1.82) is 0 Å². The number of benzene rings is 4. The monoisotopic (exact) mass is 646 g/mol. The van der Waals surface area contributed by atoms with Crippen molar-refractivity contribution >= 4 is 29.1 Å². The molecule has 3 heterocycles. The van der Waals surface area contributed by atoms with Crippen molar-refractivity contribution in [2.75, 3.05) is 20.5 Å². The summed E-state index contributed by atoms with van der Waals surface area (Å²) in [6.07, 6.45) is 1.80. The van der Waals surface area contributed by atoms with Crippen LogP contribution in [0.2, 0.25) is 0 Å². The molecule has 1 atom stereocenters. The Morgan fingerprint density at radius 1 is 0.957 bits per heavy atom. The number of hydrogen-bond acceptors (Lipinski definition) is 9. The van der Waals surface area contributed by atoms with Crippen LogP contribution in [-0.4, -0.2) is 31.0 Å². The third-order valence-electron chi connectivity index (χ3n) is 7.81. The van der Waals surface area contributed by atoms with E-state index in [-0.39, 0.29) is 19.0 Å². The van der Waals surface area contributed by atoms with Crippen LogP contribution in [0.4, 0.5) is 0 Å². The summed E-state index contributed by atoms with van der Waals surface area (Å²) in [5.41, 5.74) is 3.73. The van der Waals surface area contributed by atoms with E-state index in [4.69, 9.17) is 28.7 Å². The third-order valence-corrected chi connectivity index (χ3v) is 8.79. The van der Waals surface area contributed by atoms with Gasteiger partial charge >= 0.3 is 5.97 Å². The Bertz CT molecular complexity index is 2170. The number of thiazole rings is 1. The number of carbonyl (C=O) groups is 1. The zero-order valence-corrected chi connectivity index (χ0v) is 26.5. The van der Waals surface area contributed by atoms with Crippen LogP contribution in [0.1, 0.15) is 35.2 Å². The Balaban J connectivity index is 1.29. The minimum atomic E-state index is -0.731. The molecule has 0 spiro atoms. The molecule has 0 bridgehead atoms. The molecule has 0 unspecified atom stereocenters. The van der Waals surface area contributed by atoms with Gasteiger partial charge in [0.25, 0.3) is 5.56 Å². The molecule has 47 heavy (non-hydrogen) atoms. The van der Waals surface area contributed by atoms with E-state index in [1.807, 2.05) is 97.1 Å². The zero-order valence-electron chi connectivity index (χ0n) is 25.7. The second-order valence-corrected chi connectivity index (χ2v) is 11.7. The molecule has 0 N–H and O–H groups in total. The van der Waals surface area contributed by atoms with Gasteiger partial charge in [0.05, 0.1) is 35.6 Å². The molecule has 7 rings (SSSR count). The quantitative estimate of drug-likeness (QED) is 0.202. The summed E-state index contributed by atoms with van der Waals surface area (Å²) in [7, 11) is 1.57. The minimum Gasteiger partial charge on any atom is -0.493 e. The van der Waals surface area contributed by atoms with Gasteiger partial charge in [-0.25, -0.2) is 9.79 Å². The second kappa shape index (κ2) is 13.0. The van der Waals surface area contributed by atoms with Crippen LogP contribution in [0.15, 0.2) is 112 Å². The Morgan fingerprint density at radius 2 is 1.72 bits per heavy atom. The van der Waals surface area contributed by atoms with Gasteiger partial charge in [0, 0.05) is 5.56 Å². The predicted molar refractivity (Wildman–Crippen MR) is 177 cm³/mol. The van der Waals surface area contributed by atoms with Crippen molar-refractivity contribution in [1.82, 2.24) is 4.57 Å². The average Bonchev–Trinajstić information content (AvgIpc) is 3.71. The first-order chi connectivity index (χ1) is 23.0. The standard InChI is InChI=1S/C37H30N2O7S/c1-3-43-36(41)32-33(25-10-6-4-7-11-25)38-37-39(34(32)26-12-8-5-9-13-26)35(40)31(47-37)20-23-14-16-27(29(18-23)42-2)44-21-24-15-17-28-30(19-24)46-22-45-28/h4-20,34H,3,21-22H2,1-2H3/b31-20-/t34-/m0/s1. The molecular weight excluding hydrogens is 616 g/mol. The number of carbonyl (C=O) groups excluding carboxylic acids is 1. The predicted octanol–water partition coefficient (Wildman–Crippen LogP) is 5.25. The van der Waals surface area contributed by atoms with Crippen molar-refractivity contribution in [3.63, 3.8) is 0 Å². The maximum absolute atomic E-state index is 14.2. The summed E-state index contributed by atoms with van der Waals surface area (Å²) in [5.74, 6) is 1.96. The summed E-state index contributed by atoms with van der Waals surface area (Å²) < 4.78 is 30.2. The van der Waals surface area contributed by atoms with Crippen molar-refractivity contribution in [3.05, 3.63) is 145 Å². The summed E-state index contributed by atoms with van der Waals surface area (Å²) >= 11 is 1.26. The van der Waals surface area contributed by atoms with Gasteiger partial charge in [-0.05, 0) is 54.0 Å². The van der Waals surface area contributed by atoms with E-state index in [0.29, 0.717) is 50.2 Å². The highest BCUT2D eigenvalue weighted by Crippen LogP contribution is 2.36. The highest BCUT2D eigenvalue weighted by atomic mass is 32.1. The number of methoxy groups -OCH3 is 1. The van der Waals surface area contributed by atoms with E-state index in [9.17, 15) is 9.59 Å². The van der Waals surface area contributed by atoms with E-state index >= 15 is 0 Å². The Morgan fingerprint density at radius 3 is 2.49 bits per heavy atom. The molecule has 0 saturated heterocycles. The molecule has 0 saturated carbocycles. The van der Waals surface area contributed by atoms with Crippen LogP contribution in [0.3, 0.4) is 0 Å². The molecule has 0 amide bonds. The number of hydrogen-bond donors (Lipinski definition) is 0. The van der Waals surface area contributed by atoms with Gasteiger partial charge in [0.2, 0.25) is 6.79 Å². The van der Waals surface area contributed by atoms with Gasteiger partial charge in [-0.1, -0.05) is 84.1 Å². The Hall–Kier alpha value is -5.61. The Labute approximate surface area is 274 Å². The van der Waals surface area contributed by atoms with Gasteiger partial charge in [0.1, 0.15) is 6.61 Å². The van der Waals surface area contributed by atoms with E-state index in [1.165, 1.54) is 11.3 Å². The molecule has 10 heteroatoms. The minimum absolute atomic E-state index is 0.189. The number of aromatic nitrogens is 1. The van der Waals surface area contributed by atoms with Crippen LogP contribution >= 0.6 is 11.3 Å². The van der Waals surface area contributed by atoms with E-state index in [1.54, 1.807) is 24.7 Å². The topological polar surface area (TPSA) is 97.6 Å². The van der Waals surface area contributed by atoms with E-state index in [0.717, 1.165) is 22.3 Å². The Kier molecular flexibility index (Phi) is 8.33. The van der Waals surface area contributed by atoms with Crippen LogP contribution in [0, 0.1) is 0 Å². The van der Waals surface area contributed by atoms with Crippen LogP contribution in [-0.2, 0) is 16.1 Å². The fourth-order valence-corrected chi connectivity index (χ4v) is 6.63. The molecule has 5 aromatic rings. The first-order valence-corrected chi connectivity index (χ1v) is 15.9. The van der Waals surface area contributed by atoms with E-state index < -0.39 is 12.0 Å². The first kappa shape index (κ1) is 30.1. The van der Waals surface area contributed by atoms with Gasteiger partial charge in [0.15, 0.2) is 27.8 Å². The smallest absolute Gasteiger partial charge is 0.338 e. The van der Waals surface area contributed by atoms with Gasteiger partial charge in [-0.2, -0.15) is 0 Å². The lowest BCUT2D eigenvalue weighted by Gasteiger charge is -2.25. The van der Waals surface area contributed by atoms with Crippen molar-refractivity contribution in [2.45, 2.75) is 19.6 Å². The summed E-state index contributed by atoms with van der Waals surface area (Å²) in [6, 6.07) is 29.4. The van der Waals surface area contributed by atoms with Crippen molar-refractivity contribution in [3.8, 4) is 23.0 Å². The lowest BCUT2D eigenvalue weighted by Crippen LogP contribution is -2.39. The molecule has 4 aromatic carbocycles. The van der Waals surface area contributed by atoms with Crippen LogP contribution in [0.5, 0.6) is 23.0 Å². The SMILES string of the molecule is CCOC(=O)C1=C(c2ccccc2)N=c2s/c(=C\c3ccc(OCc4ccc5c(c4)OCO5)c(OC)c3)c(=O)n2[C@H]1c1ccccc1. The normalized spacial score (nSPS) is 15.2. The van der Waals surface area contributed by atoms with Crippen LogP contribution < -0.4 is 33.8 Å². The lowest BCUT2D eigenvalue weighted by atomic mass is 9.93. The molecular formula is C37H30N2O7S. The number of esters is 1. The third kappa shape index (κ3) is 5.91. The first-order valence-electron chi connectivity index (χ1n) is 15.1. The number of fused-ring (bicyclic) bond motifs is 2. The average molecular weight is 647 g/mol. The summed E-state index contributed by atoms with van der Waals surface area (Å²) in [6.45, 7) is 2.46. The molecule has 2 aliphatic heterocycles. The molecule has 9 nitrogen and oxygen atoms in total. The summed E-state index contributed by atoms with van der Waals surface area (Å²) in [5, 5.41) is 0. The molecule has 2 aliphatic rings. The number of rotatable bonds is 9. The highest BCUT2D eigenvalue weighted by molar-refractivity contribution is 7.07. The molecule has 236 valence electrons. The maximum Gasteiger partial charge on any atom is 0.338 e. The van der Waals surface area contributed by atoms with Gasteiger partial charge < -0.3 is 23.7 Å². The maximum atomic E-state index is 14.2. The zero-order chi connectivity index (χ0) is 32.3. The van der Waals surface area contributed by atoms with Crippen molar-refractivity contribution < 1.29 is 28.5 Å². The molecule has 0 fully saturated rings. The van der Waals surface area contributed by atoms with Crippen LogP contribution in [0.25, 0.3) is 11.8 Å². The lowest BCUT2D eigenvalue weighted by molar-refractivity contribution is -0.138. The van der Waals surface area contributed by atoms with E-state index in [2.05, 4.69) is 0 Å². The molecule has 0 radical (unpaired) electrons. The molecule has 1 aromatic heterocycles.